The summed E-state index contributed by atoms with van der Waals surface area (Å²) in [6.07, 6.45) is -3.41. The Balaban J connectivity index is 1.91. The zero-order valence-corrected chi connectivity index (χ0v) is 9.79. The van der Waals surface area contributed by atoms with E-state index in [2.05, 4.69) is 9.47 Å². The van der Waals surface area contributed by atoms with Crippen LogP contribution in [0.4, 0.5) is 14.5 Å². The number of rotatable bonds is 1. The van der Waals surface area contributed by atoms with Crippen molar-refractivity contribution < 1.29 is 23.0 Å². The van der Waals surface area contributed by atoms with E-state index in [9.17, 15) is 13.6 Å². The molecule has 1 atom stereocenters. The van der Waals surface area contributed by atoms with Crippen LogP contribution >= 0.6 is 11.6 Å². The van der Waals surface area contributed by atoms with Crippen LogP contribution in [-0.2, 0) is 4.79 Å². The van der Waals surface area contributed by atoms with Crippen molar-refractivity contribution in [1.82, 2.24) is 0 Å². The zero-order valence-electron chi connectivity index (χ0n) is 9.03. The Bertz CT molecular complexity index is 523. The van der Waals surface area contributed by atoms with Gasteiger partial charge < -0.3 is 14.4 Å². The van der Waals surface area contributed by atoms with Crippen LogP contribution in [0.1, 0.15) is 6.42 Å². The Morgan fingerprint density at radius 1 is 1.33 bits per heavy atom. The highest BCUT2D eigenvalue weighted by Crippen LogP contribution is 2.43. The lowest BCUT2D eigenvalue weighted by Gasteiger charge is -2.15. The van der Waals surface area contributed by atoms with Crippen LogP contribution in [0.25, 0.3) is 0 Å². The third-order valence-corrected chi connectivity index (χ3v) is 3.07. The summed E-state index contributed by atoms with van der Waals surface area (Å²) in [5.74, 6) is -0.262. The molecule has 96 valence electrons. The van der Waals surface area contributed by atoms with E-state index < -0.39 is 6.29 Å². The van der Waals surface area contributed by atoms with Crippen molar-refractivity contribution >= 4 is 23.2 Å². The van der Waals surface area contributed by atoms with E-state index in [4.69, 9.17) is 11.6 Å². The number of benzene rings is 1. The number of ether oxygens (including phenoxy) is 2. The van der Waals surface area contributed by atoms with E-state index in [0.29, 0.717) is 12.2 Å². The van der Waals surface area contributed by atoms with Gasteiger partial charge in [-0.2, -0.15) is 0 Å². The summed E-state index contributed by atoms with van der Waals surface area (Å²) < 4.78 is 34.3. The van der Waals surface area contributed by atoms with E-state index in [-0.39, 0.29) is 29.2 Å². The maximum atomic E-state index is 12.8. The van der Waals surface area contributed by atoms with Crippen LogP contribution < -0.4 is 14.4 Å². The second-order valence-corrected chi connectivity index (χ2v) is 4.72. The standard InChI is InChI=1S/C11H8ClF2NO3/c12-6-3-10(16)15(5-6)7-1-2-8-9(4-7)18-11(13,14)17-8/h1-2,4,6H,3,5H2. The smallest absolute Gasteiger partial charge is 0.395 e. The summed E-state index contributed by atoms with van der Waals surface area (Å²) in [6, 6.07) is 4.22. The Morgan fingerprint density at radius 3 is 2.72 bits per heavy atom. The van der Waals surface area contributed by atoms with Gasteiger partial charge in [0, 0.05) is 24.7 Å². The number of alkyl halides is 3. The van der Waals surface area contributed by atoms with Crippen molar-refractivity contribution in [2.45, 2.75) is 18.1 Å². The fraction of sp³-hybridized carbons (Fsp3) is 0.364. The molecule has 2 heterocycles. The number of carbonyl (C=O) groups is 1. The van der Waals surface area contributed by atoms with E-state index >= 15 is 0 Å². The first-order valence-corrected chi connectivity index (χ1v) is 5.72. The average molecular weight is 276 g/mol. The minimum atomic E-state index is -3.65. The summed E-state index contributed by atoms with van der Waals surface area (Å²) in [6.45, 7) is 0.358. The molecule has 1 fully saturated rings. The maximum Gasteiger partial charge on any atom is 0.586 e. The molecule has 0 aliphatic carbocycles. The molecule has 7 heteroatoms. The molecule has 0 bridgehead atoms. The van der Waals surface area contributed by atoms with Crippen molar-refractivity contribution in [2.24, 2.45) is 0 Å². The molecule has 0 radical (unpaired) electrons. The van der Waals surface area contributed by atoms with E-state index in [1.54, 1.807) is 0 Å². The van der Waals surface area contributed by atoms with Crippen LogP contribution in [0, 0.1) is 0 Å². The summed E-state index contributed by atoms with van der Waals surface area (Å²) >= 11 is 5.88. The van der Waals surface area contributed by atoms with Gasteiger partial charge in [-0.3, -0.25) is 4.79 Å². The highest BCUT2D eigenvalue weighted by atomic mass is 35.5. The second-order valence-electron chi connectivity index (χ2n) is 4.10. The molecule has 18 heavy (non-hydrogen) atoms. The highest BCUT2D eigenvalue weighted by molar-refractivity contribution is 6.24. The fourth-order valence-corrected chi connectivity index (χ4v) is 2.29. The van der Waals surface area contributed by atoms with Gasteiger partial charge >= 0.3 is 6.29 Å². The van der Waals surface area contributed by atoms with E-state index in [0.717, 1.165) is 0 Å². The monoisotopic (exact) mass is 275 g/mol. The summed E-state index contributed by atoms with van der Waals surface area (Å²) in [5, 5.41) is -0.260. The van der Waals surface area contributed by atoms with Crippen molar-refractivity contribution in [3.8, 4) is 11.5 Å². The first kappa shape index (κ1) is 11.5. The molecule has 0 saturated carbocycles. The van der Waals surface area contributed by atoms with Gasteiger partial charge in [0.05, 0.1) is 5.38 Å². The lowest BCUT2D eigenvalue weighted by molar-refractivity contribution is -0.286. The first-order valence-electron chi connectivity index (χ1n) is 5.29. The van der Waals surface area contributed by atoms with Gasteiger partial charge in [-0.05, 0) is 12.1 Å². The van der Waals surface area contributed by atoms with E-state index in [1.165, 1.54) is 23.1 Å². The van der Waals surface area contributed by atoms with Gasteiger partial charge in [-0.1, -0.05) is 0 Å². The first-order chi connectivity index (χ1) is 8.44. The Hall–Kier alpha value is -1.56. The molecule has 0 N–H and O–H groups in total. The van der Waals surface area contributed by atoms with Crippen LogP contribution in [0.15, 0.2) is 18.2 Å². The van der Waals surface area contributed by atoms with Gasteiger partial charge in [-0.25, -0.2) is 0 Å². The molecule has 2 aliphatic heterocycles. The maximum absolute atomic E-state index is 12.8. The highest BCUT2D eigenvalue weighted by Gasteiger charge is 2.43. The van der Waals surface area contributed by atoms with Crippen LogP contribution in [0.2, 0.25) is 0 Å². The molecular weight excluding hydrogens is 268 g/mol. The molecule has 1 unspecified atom stereocenters. The molecule has 1 aromatic carbocycles. The normalized spacial score (nSPS) is 24.7. The number of carbonyl (C=O) groups excluding carboxylic acids is 1. The van der Waals surface area contributed by atoms with Gasteiger partial charge in [0.2, 0.25) is 5.91 Å². The molecule has 0 spiro atoms. The average Bonchev–Trinajstić information content (AvgIpc) is 2.74. The predicted octanol–water partition coefficient (Wildman–Crippen LogP) is 2.35. The molecule has 3 rings (SSSR count). The molecule has 1 saturated heterocycles. The van der Waals surface area contributed by atoms with Crippen LogP contribution in [-0.4, -0.2) is 24.1 Å². The molecule has 1 amide bonds. The lowest BCUT2D eigenvalue weighted by atomic mass is 10.2. The summed E-state index contributed by atoms with van der Waals surface area (Å²) in [7, 11) is 0. The van der Waals surface area contributed by atoms with Crippen molar-refractivity contribution in [2.75, 3.05) is 11.4 Å². The number of hydrogen-bond acceptors (Lipinski definition) is 3. The summed E-state index contributed by atoms with van der Waals surface area (Å²) in [4.78, 5) is 13.1. The Morgan fingerprint density at radius 2 is 2.06 bits per heavy atom. The number of nitrogens with zero attached hydrogens (tertiary/aromatic N) is 1. The molecule has 4 nitrogen and oxygen atoms in total. The number of anilines is 1. The lowest BCUT2D eigenvalue weighted by Crippen LogP contribution is -2.26. The second kappa shape index (κ2) is 3.71. The van der Waals surface area contributed by atoms with Gasteiger partial charge in [0.25, 0.3) is 0 Å². The third-order valence-electron chi connectivity index (χ3n) is 2.77. The molecular formula is C11H8ClF2NO3. The minimum absolute atomic E-state index is 0.0437. The van der Waals surface area contributed by atoms with Crippen LogP contribution in [0.3, 0.4) is 0 Å². The largest absolute Gasteiger partial charge is 0.586 e. The van der Waals surface area contributed by atoms with E-state index in [1.807, 2.05) is 0 Å². The van der Waals surface area contributed by atoms with Crippen molar-refractivity contribution in [3.05, 3.63) is 18.2 Å². The molecule has 0 aromatic heterocycles. The SMILES string of the molecule is O=C1CC(Cl)CN1c1ccc2c(c1)OC(F)(F)O2. The van der Waals surface area contributed by atoms with Gasteiger partial charge in [-0.15, -0.1) is 20.4 Å². The fourth-order valence-electron chi connectivity index (χ4n) is 2.02. The topological polar surface area (TPSA) is 38.8 Å². The Kier molecular flexibility index (Phi) is 2.38. The number of halogens is 3. The minimum Gasteiger partial charge on any atom is -0.395 e. The van der Waals surface area contributed by atoms with Gasteiger partial charge in [0.1, 0.15) is 0 Å². The third kappa shape index (κ3) is 1.86. The number of hydrogen-bond donors (Lipinski definition) is 0. The predicted molar refractivity (Wildman–Crippen MR) is 59.3 cm³/mol. The quantitative estimate of drug-likeness (QED) is 0.739. The van der Waals surface area contributed by atoms with Crippen LogP contribution in [0.5, 0.6) is 11.5 Å². The van der Waals surface area contributed by atoms with Crippen molar-refractivity contribution in [1.29, 1.82) is 0 Å². The van der Waals surface area contributed by atoms with Gasteiger partial charge in [0.15, 0.2) is 11.5 Å². The zero-order chi connectivity index (χ0) is 12.9. The summed E-state index contributed by atoms with van der Waals surface area (Å²) in [5.41, 5.74) is 0.475. The number of fused-ring (bicyclic) bond motifs is 1. The number of amides is 1. The molecule has 1 aromatic rings. The van der Waals surface area contributed by atoms with Crippen molar-refractivity contribution in [3.63, 3.8) is 0 Å². The Labute approximate surface area is 106 Å². The molecule has 2 aliphatic rings.